The SMILES string of the molecule is Cc1ccc(-c2c(-c3ccccc3)nc3ccc(Cl)cc3c2-c2ccccc2)cc1. The summed E-state index contributed by atoms with van der Waals surface area (Å²) in [6.45, 7) is 2.11. The first-order chi connectivity index (χ1) is 14.7. The van der Waals surface area contributed by atoms with Gasteiger partial charge in [0.15, 0.2) is 0 Å². The lowest BCUT2D eigenvalue weighted by molar-refractivity contribution is 1.39. The molecule has 2 heteroatoms. The average Bonchev–Trinajstić information content (AvgIpc) is 2.79. The van der Waals surface area contributed by atoms with Crippen LogP contribution in [-0.4, -0.2) is 4.98 Å². The van der Waals surface area contributed by atoms with E-state index in [1.54, 1.807) is 0 Å². The lowest BCUT2D eigenvalue weighted by Gasteiger charge is -2.19. The summed E-state index contributed by atoms with van der Waals surface area (Å²) in [5.74, 6) is 0. The first kappa shape index (κ1) is 18.6. The minimum atomic E-state index is 0.712. The first-order valence-electron chi connectivity index (χ1n) is 10.0. The minimum absolute atomic E-state index is 0.712. The van der Waals surface area contributed by atoms with Crippen molar-refractivity contribution in [1.82, 2.24) is 4.98 Å². The number of pyridine rings is 1. The van der Waals surface area contributed by atoms with Gasteiger partial charge in [0.25, 0.3) is 0 Å². The number of fused-ring (bicyclic) bond motifs is 1. The van der Waals surface area contributed by atoms with Gasteiger partial charge in [0, 0.05) is 27.1 Å². The van der Waals surface area contributed by atoms with Gasteiger partial charge in [-0.2, -0.15) is 0 Å². The largest absolute Gasteiger partial charge is 0.247 e. The predicted octanol–water partition coefficient (Wildman–Crippen LogP) is 8.20. The van der Waals surface area contributed by atoms with E-state index in [-0.39, 0.29) is 0 Å². The fourth-order valence-corrected chi connectivity index (χ4v) is 4.12. The maximum atomic E-state index is 6.43. The maximum absolute atomic E-state index is 6.43. The fourth-order valence-electron chi connectivity index (χ4n) is 3.95. The Morgan fingerprint density at radius 3 is 1.87 bits per heavy atom. The Bertz CT molecular complexity index is 1320. The fraction of sp³-hybridized carbons (Fsp3) is 0.0357. The highest BCUT2D eigenvalue weighted by molar-refractivity contribution is 6.31. The van der Waals surface area contributed by atoms with E-state index in [4.69, 9.17) is 16.6 Å². The smallest absolute Gasteiger partial charge is 0.0794 e. The standard InChI is InChI=1S/C28H20ClN/c1-19-12-14-21(15-13-19)27-26(20-8-4-2-5-9-20)24-18-23(29)16-17-25(24)30-28(27)22-10-6-3-7-11-22/h2-18H,1H3. The van der Waals surface area contributed by atoms with Crippen LogP contribution in [0.5, 0.6) is 0 Å². The van der Waals surface area contributed by atoms with E-state index in [0.717, 1.165) is 44.4 Å². The van der Waals surface area contributed by atoms with Crippen LogP contribution in [-0.2, 0) is 0 Å². The van der Waals surface area contributed by atoms with Crippen molar-refractivity contribution in [3.05, 3.63) is 114 Å². The van der Waals surface area contributed by atoms with Crippen molar-refractivity contribution in [3.8, 4) is 33.5 Å². The summed E-state index contributed by atoms with van der Waals surface area (Å²) in [4.78, 5) is 5.11. The van der Waals surface area contributed by atoms with Gasteiger partial charge in [0.1, 0.15) is 0 Å². The molecule has 5 aromatic rings. The van der Waals surface area contributed by atoms with Crippen LogP contribution in [0, 0.1) is 6.92 Å². The monoisotopic (exact) mass is 405 g/mol. The molecule has 5 rings (SSSR count). The number of hydrogen-bond donors (Lipinski definition) is 0. The highest BCUT2D eigenvalue weighted by Crippen LogP contribution is 2.43. The van der Waals surface area contributed by atoms with Crippen molar-refractivity contribution < 1.29 is 0 Å². The average molecular weight is 406 g/mol. The van der Waals surface area contributed by atoms with E-state index in [1.807, 2.05) is 30.3 Å². The molecule has 1 heterocycles. The van der Waals surface area contributed by atoms with Crippen LogP contribution in [0.15, 0.2) is 103 Å². The summed E-state index contributed by atoms with van der Waals surface area (Å²) in [6, 6.07) is 35.5. The summed E-state index contributed by atoms with van der Waals surface area (Å²) >= 11 is 6.43. The van der Waals surface area contributed by atoms with E-state index in [0.29, 0.717) is 5.02 Å². The summed E-state index contributed by atoms with van der Waals surface area (Å²) < 4.78 is 0. The number of aromatic nitrogens is 1. The van der Waals surface area contributed by atoms with Crippen LogP contribution in [0.1, 0.15) is 5.56 Å². The quantitative estimate of drug-likeness (QED) is 0.294. The third kappa shape index (κ3) is 3.38. The van der Waals surface area contributed by atoms with Crippen LogP contribution in [0.4, 0.5) is 0 Å². The van der Waals surface area contributed by atoms with Crippen molar-refractivity contribution >= 4 is 22.5 Å². The molecule has 0 aliphatic heterocycles. The van der Waals surface area contributed by atoms with Crippen LogP contribution < -0.4 is 0 Å². The molecule has 0 radical (unpaired) electrons. The molecule has 144 valence electrons. The summed E-state index contributed by atoms with van der Waals surface area (Å²) in [5.41, 5.74) is 8.84. The van der Waals surface area contributed by atoms with Crippen molar-refractivity contribution in [2.45, 2.75) is 6.92 Å². The Morgan fingerprint density at radius 1 is 0.600 bits per heavy atom. The molecule has 0 atom stereocenters. The van der Waals surface area contributed by atoms with E-state index in [1.165, 1.54) is 5.56 Å². The molecular formula is C28H20ClN. The second-order valence-corrected chi connectivity index (χ2v) is 7.91. The molecule has 0 saturated heterocycles. The van der Waals surface area contributed by atoms with Crippen LogP contribution >= 0.6 is 11.6 Å². The Kier molecular flexibility index (Phi) is 4.82. The Labute approximate surface area is 181 Å². The van der Waals surface area contributed by atoms with Crippen LogP contribution in [0.25, 0.3) is 44.4 Å². The first-order valence-corrected chi connectivity index (χ1v) is 10.4. The van der Waals surface area contributed by atoms with Crippen molar-refractivity contribution in [2.75, 3.05) is 0 Å². The molecule has 1 nitrogen and oxygen atoms in total. The van der Waals surface area contributed by atoms with Crippen molar-refractivity contribution in [3.63, 3.8) is 0 Å². The maximum Gasteiger partial charge on any atom is 0.0794 e. The molecule has 0 amide bonds. The van der Waals surface area contributed by atoms with E-state index in [2.05, 4.69) is 79.7 Å². The minimum Gasteiger partial charge on any atom is -0.247 e. The summed E-state index contributed by atoms with van der Waals surface area (Å²) in [5, 5.41) is 1.77. The third-order valence-electron chi connectivity index (χ3n) is 5.40. The van der Waals surface area contributed by atoms with Gasteiger partial charge in [-0.15, -0.1) is 0 Å². The van der Waals surface area contributed by atoms with E-state index >= 15 is 0 Å². The lowest BCUT2D eigenvalue weighted by atomic mass is 9.88. The number of nitrogens with zero attached hydrogens (tertiary/aromatic N) is 1. The third-order valence-corrected chi connectivity index (χ3v) is 5.63. The molecule has 0 fully saturated rings. The topological polar surface area (TPSA) is 12.9 Å². The lowest BCUT2D eigenvalue weighted by Crippen LogP contribution is -1.96. The normalized spacial score (nSPS) is 11.0. The summed E-state index contributed by atoms with van der Waals surface area (Å²) in [7, 11) is 0. The van der Waals surface area contributed by atoms with Gasteiger partial charge in [-0.25, -0.2) is 4.98 Å². The predicted molar refractivity (Wildman–Crippen MR) is 128 cm³/mol. The van der Waals surface area contributed by atoms with Crippen LogP contribution in [0.2, 0.25) is 5.02 Å². The Balaban J connectivity index is 1.97. The zero-order valence-electron chi connectivity index (χ0n) is 16.6. The van der Waals surface area contributed by atoms with E-state index in [9.17, 15) is 0 Å². The Morgan fingerprint density at radius 2 is 1.20 bits per heavy atom. The molecule has 0 N–H and O–H groups in total. The van der Waals surface area contributed by atoms with Crippen LogP contribution in [0.3, 0.4) is 0 Å². The second kappa shape index (κ2) is 7.78. The molecule has 0 spiro atoms. The van der Waals surface area contributed by atoms with Gasteiger partial charge in [0.2, 0.25) is 0 Å². The van der Waals surface area contributed by atoms with Crippen molar-refractivity contribution in [2.24, 2.45) is 0 Å². The number of halogens is 1. The molecule has 0 saturated carbocycles. The van der Waals surface area contributed by atoms with E-state index < -0.39 is 0 Å². The zero-order valence-corrected chi connectivity index (χ0v) is 17.4. The number of rotatable bonds is 3. The molecule has 0 aliphatic carbocycles. The van der Waals surface area contributed by atoms with Gasteiger partial charge in [-0.05, 0) is 36.2 Å². The van der Waals surface area contributed by atoms with Gasteiger partial charge in [-0.3, -0.25) is 0 Å². The molecular weight excluding hydrogens is 386 g/mol. The molecule has 0 unspecified atom stereocenters. The molecule has 4 aromatic carbocycles. The van der Waals surface area contributed by atoms with Gasteiger partial charge in [-0.1, -0.05) is 102 Å². The number of aryl methyl sites for hydroxylation is 1. The summed E-state index contributed by atoms with van der Waals surface area (Å²) in [6.07, 6.45) is 0. The molecule has 0 aliphatic rings. The molecule has 30 heavy (non-hydrogen) atoms. The highest BCUT2D eigenvalue weighted by Gasteiger charge is 2.19. The molecule has 1 aromatic heterocycles. The van der Waals surface area contributed by atoms with Gasteiger partial charge < -0.3 is 0 Å². The van der Waals surface area contributed by atoms with Gasteiger partial charge in [0.05, 0.1) is 11.2 Å². The number of benzene rings is 4. The Hall–Kier alpha value is -3.42. The molecule has 0 bridgehead atoms. The number of hydrogen-bond acceptors (Lipinski definition) is 1. The van der Waals surface area contributed by atoms with Crippen molar-refractivity contribution in [1.29, 1.82) is 0 Å². The second-order valence-electron chi connectivity index (χ2n) is 7.47. The highest BCUT2D eigenvalue weighted by atomic mass is 35.5. The zero-order chi connectivity index (χ0) is 20.5. The van der Waals surface area contributed by atoms with Gasteiger partial charge >= 0.3 is 0 Å².